The molecule has 0 spiro atoms. The predicted octanol–water partition coefficient (Wildman–Crippen LogP) is 2.33. The van der Waals surface area contributed by atoms with Crippen LogP contribution in [0.1, 0.15) is 51.4 Å². The third kappa shape index (κ3) is 3.11. The first-order valence-electron chi connectivity index (χ1n) is 6.29. The molecule has 0 radical (unpaired) electrons. The molecule has 15 heavy (non-hydrogen) atoms. The molecule has 2 N–H and O–H groups in total. The van der Waals surface area contributed by atoms with Crippen molar-refractivity contribution in [3.63, 3.8) is 0 Å². The minimum atomic E-state index is -0.127. The normalized spacial score (nSPS) is 42.8. The van der Waals surface area contributed by atoms with Gasteiger partial charge in [-0.1, -0.05) is 25.7 Å². The molecule has 0 aromatic carbocycles. The standard InChI is InChI=1S/C12H22O2S/c13-9-5-1-3-7-11(9)15-12-8-4-2-6-10(12)14/h9-14H,1-8H2/t9-,10-,11-,12-/m1/s1. The summed E-state index contributed by atoms with van der Waals surface area (Å²) >= 11 is 1.86. The highest BCUT2D eigenvalue weighted by molar-refractivity contribution is 8.00. The molecular formula is C12H22O2S. The Morgan fingerprint density at radius 3 is 1.47 bits per heavy atom. The molecule has 0 saturated heterocycles. The van der Waals surface area contributed by atoms with Crippen LogP contribution >= 0.6 is 11.8 Å². The quantitative estimate of drug-likeness (QED) is 0.765. The van der Waals surface area contributed by atoms with Crippen molar-refractivity contribution in [3.05, 3.63) is 0 Å². The summed E-state index contributed by atoms with van der Waals surface area (Å²) in [6.45, 7) is 0. The van der Waals surface area contributed by atoms with Crippen molar-refractivity contribution in [2.45, 2.75) is 74.1 Å². The summed E-state index contributed by atoms with van der Waals surface area (Å²) in [7, 11) is 0. The van der Waals surface area contributed by atoms with Crippen molar-refractivity contribution in [2.24, 2.45) is 0 Å². The number of hydrogen-bond acceptors (Lipinski definition) is 3. The molecule has 2 aliphatic rings. The average molecular weight is 230 g/mol. The zero-order valence-corrected chi connectivity index (χ0v) is 10.1. The molecule has 2 saturated carbocycles. The lowest BCUT2D eigenvalue weighted by Gasteiger charge is -2.34. The van der Waals surface area contributed by atoms with Gasteiger partial charge in [-0.2, -0.15) is 0 Å². The second-order valence-electron chi connectivity index (χ2n) is 4.92. The summed E-state index contributed by atoms with van der Waals surface area (Å²) in [6, 6.07) is 0. The fourth-order valence-corrected chi connectivity index (χ4v) is 4.39. The van der Waals surface area contributed by atoms with E-state index in [0.29, 0.717) is 10.5 Å². The Hall–Kier alpha value is 0.270. The van der Waals surface area contributed by atoms with Crippen molar-refractivity contribution in [2.75, 3.05) is 0 Å². The van der Waals surface area contributed by atoms with Gasteiger partial charge in [0.1, 0.15) is 0 Å². The zero-order valence-electron chi connectivity index (χ0n) is 9.27. The van der Waals surface area contributed by atoms with Gasteiger partial charge in [-0.05, 0) is 25.7 Å². The number of aliphatic hydroxyl groups excluding tert-OH is 2. The van der Waals surface area contributed by atoms with Gasteiger partial charge in [0.25, 0.3) is 0 Å². The third-order valence-electron chi connectivity index (χ3n) is 3.68. The summed E-state index contributed by atoms with van der Waals surface area (Å²) < 4.78 is 0. The van der Waals surface area contributed by atoms with Crippen molar-refractivity contribution in [3.8, 4) is 0 Å². The topological polar surface area (TPSA) is 40.5 Å². The average Bonchev–Trinajstić information content (AvgIpc) is 2.24. The molecular weight excluding hydrogens is 208 g/mol. The summed E-state index contributed by atoms with van der Waals surface area (Å²) in [4.78, 5) is 0. The van der Waals surface area contributed by atoms with E-state index in [1.54, 1.807) is 0 Å². The van der Waals surface area contributed by atoms with Gasteiger partial charge < -0.3 is 10.2 Å². The first-order valence-corrected chi connectivity index (χ1v) is 7.23. The molecule has 2 aliphatic carbocycles. The molecule has 0 aromatic rings. The summed E-state index contributed by atoms with van der Waals surface area (Å²) in [5, 5.41) is 20.5. The second-order valence-corrected chi connectivity index (χ2v) is 6.40. The lowest BCUT2D eigenvalue weighted by Crippen LogP contribution is -2.34. The minimum absolute atomic E-state index is 0.127. The molecule has 2 fully saturated rings. The predicted molar refractivity (Wildman–Crippen MR) is 64.1 cm³/mol. The highest BCUT2D eigenvalue weighted by Gasteiger charge is 2.30. The highest BCUT2D eigenvalue weighted by atomic mass is 32.2. The highest BCUT2D eigenvalue weighted by Crippen LogP contribution is 2.37. The molecule has 4 atom stereocenters. The first kappa shape index (κ1) is 11.7. The van der Waals surface area contributed by atoms with Gasteiger partial charge in [0, 0.05) is 10.5 Å². The third-order valence-corrected chi connectivity index (χ3v) is 5.48. The van der Waals surface area contributed by atoms with Gasteiger partial charge in [0.2, 0.25) is 0 Å². The zero-order chi connectivity index (χ0) is 10.7. The summed E-state index contributed by atoms with van der Waals surface area (Å²) in [6.07, 6.45) is 8.77. The van der Waals surface area contributed by atoms with Gasteiger partial charge in [-0.25, -0.2) is 0 Å². The van der Waals surface area contributed by atoms with Crippen LogP contribution in [0.2, 0.25) is 0 Å². The summed E-state index contributed by atoms with van der Waals surface area (Å²) in [5.41, 5.74) is 0. The fourth-order valence-electron chi connectivity index (χ4n) is 2.70. The SMILES string of the molecule is O[C@@H]1CCCC[C@H]1S[C@@H]1CCCC[C@H]1O. The van der Waals surface area contributed by atoms with Crippen LogP contribution in [0.15, 0.2) is 0 Å². The van der Waals surface area contributed by atoms with E-state index in [1.165, 1.54) is 25.7 Å². The number of rotatable bonds is 2. The molecule has 0 aromatic heterocycles. The number of hydrogen-bond donors (Lipinski definition) is 2. The van der Waals surface area contributed by atoms with Gasteiger partial charge >= 0.3 is 0 Å². The maximum Gasteiger partial charge on any atom is 0.0658 e. The molecule has 0 bridgehead atoms. The Labute approximate surface area is 96.5 Å². The van der Waals surface area contributed by atoms with Crippen LogP contribution in [0.3, 0.4) is 0 Å². The Morgan fingerprint density at radius 1 is 0.667 bits per heavy atom. The Kier molecular flexibility index (Phi) is 4.35. The monoisotopic (exact) mass is 230 g/mol. The molecule has 0 amide bonds. The van der Waals surface area contributed by atoms with E-state index in [-0.39, 0.29) is 12.2 Å². The van der Waals surface area contributed by atoms with Crippen LogP contribution < -0.4 is 0 Å². The van der Waals surface area contributed by atoms with Crippen LogP contribution in [-0.4, -0.2) is 32.9 Å². The largest absolute Gasteiger partial charge is 0.392 e. The van der Waals surface area contributed by atoms with Crippen molar-refractivity contribution >= 4 is 11.8 Å². The van der Waals surface area contributed by atoms with Gasteiger partial charge in [0.15, 0.2) is 0 Å². The van der Waals surface area contributed by atoms with Crippen LogP contribution in [-0.2, 0) is 0 Å². The van der Waals surface area contributed by atoms with E-state index >= 15 is 0 Å². The lowest BCUT2D eigenvalue weighted by molar-refractivity contribution is 0.127. The Bertz CT molecular complexity index is 178. The van der Waals surface area contributed by atoms with E-state index in [0.717, 1.165) is 25.7 Å². The second kappa shape index (κ2) is 5.55. The molecule has 2 rings (SSSR count). The van der Waals surface area contributed by atoms with Gasteiger partial charge in [-0.3, -0.25) is 0 Å². The first-order chi connectivity index (χ1) is 7.27. The lowest BCUT2D eigenvalue weighted by atomic mass is 9.97. The van der Waals surface area contributed by atoms with Crippen LogP contribution in [0.25, 0.3) is 0 Å². The van der Waals surface area contributed by atoms with Crippen LogP contribution in [0, 0.1) is 0 Å². The minimum Gasteiger partial charge on any atom is -0.392 e. The van der Waals surface area contributed by atoms with Crippen molar-refractivity contribution in [1.29, 1.82) is 0 Å². The van der Waals surface area contributed by atoms with E-state index in [1.807, 2.05) is 11.8 Å². The number of thioether (sulfide) groups is 1. The summed E-state index contributed by atoms with van der Waals surface area (Å²) in [5.74, 6) is 0. The molecule has 0 aliphatic heterocycles. The van der Waals surface area contributed by atoms with Crippen LogP contribution in [0.5, 0.6) is 0 Å². The van der Waals surface area contributed by atoms with Gasteiger partial charge in [-0.15, -0.1) is 11.8 Å². The van der Waals surface area contributed by atoms with Gasteiger partial charge in [0.05, 0.1) is 12.2 Å². The maximum atomic E-state index is 9.88. The smallest absolute Gasteiger partial charge is 0.0658 e. The Morgan fingerprint density at radius 2 is 1.07 bits per heavy atom. The van der Waals surface area contributed by atoms with Crippen LogP contribution in [0.4, 0.5) is 0 Å². The van der Waals surface area contributed by atoms with E-state index in [4.69, 9.17) is 0 Å². The molecule has 0 unspecified atom stereocenters. The van der Waals surface area contributed by atoms with E-state index in [9.17, 15) is 10.2 Å². The molecule has 3 heteroatoms. The van der Waals surface area contributed by atoms with Crippen molar-refractivity contribution < 1.29 is 10.2 Å². The molecule has 0 heterocycles. The Balaban J connectivity index is 1.83. The van der Waals surface area contributed by atoms with Crippen molar-refractivity contribution in [1.82, 2.24) is 0 Å². The van der Waals surface area contributed by atoms with E-state index < -0.39 is 0 Å². The molecule has 88 valence electrons. The molecule has 2 nitrogen and oxygen atoms in total. The maximum absolute atomic E-state index is 9.88. The number of aliphatic hydroxyl groups is 2. The fraction of sp³-hybridized carbons (Fsp3) is 1.00. The van der Waals surface area contributed by atoms with E-state index in [2.05, 4.69) is 0 Å².